The van der Waals surface area contributed by atoms with Crippen molar-refractivity contribution < 1.29 is 14.3 Å². The highest BCUT2D eigenvalue weighted by molar-refractivity contribution is 7.17. The third-order valence-electron chi connectivity index (χ3n) is 5.70. The van der Waals surface area contributed by atoms with Gasteiger partial charge in [-0.05, 0) is 44.7 Å². The number of carbonyl (C=O) groups is 2. The molecule has 2 aromatic rings. The van der Waals surface area contributed by atoms with Gasteiger partial charge in [0, 0.05) is 44.5 Å². The van der Waals surface area contributed by atoms with Crippen LogP contribution in [-0.4, -0.2) is 64.3 Å². The van der Waals surface area contributed by atoms with Crippen molar-refractivity contribution >= 4 is 28.3 Å². The molecule has 0 radical (unpaired) electrons. The summed E-state index contributed by atoms with van der Waals surface area (Å²) < 4.78 is 7.10. The van der Waals surface area contributed by atoms with Crippen molar-refractivity contribution in [3.8, 4) is 5.13 Å². The van der Waals surface area contributed by atoms with E-state index in [0.29, 0.717) is 13.2 Å². The molecule has 0 bridgehead atoms. The first-order chi connectivity index (χ1) is 14.2. The molecule has 0 spiro atoms. The first kappa shape index (κ1) is 19.9. The van der Waals surface area contributed by atoms with Gasteiger partial charge < -0.3 is 14.5 Å². The first-order valence-electron chi connectivity index (χ1n) is 10.3. The van der Waals surface area contributed by atoms with Gasteiger partial charge in [0.25, 0.3) is 0 Å². The molecule has 2 aliphatic rings. The van der Waals surface area contributed by atoms with Crippen LogP contribution in [-0.2, 0) is 14.3 Å². The van der Waals surface area contributed by atoms with Crippen LogP contribution in [0.2, 0.25) is 0 Å². The molecule has 1 amide bonds. The second kappa shape index (κ2) is 8.94. The highest BCUT2D eigenvalue weighted by Crippen LogP contribution is 2.29. The zero-order valence-electron chi connectivity index (χ0n) is 16.7. The molecule has 4 rings (SSSR count). The van der Waals surface area contributed by atoms with Crippen molar-refractivity contribution in [3.63, 3.8) is 0 Å². The number of likely N-dealkylation sites (tertiary alicyclic amines) is 1. The van der Waals surface area contributed by atoms with Gasteiger partial charge in [0.05, 0.1) is 12.5 Å². The summed E-state index contributed by atoms with van der Waals surface area (Å²) in [6.45, 7) is 5.04. The Morgan fingerprint density at radius 1 is 1.07 bits per heavy atom. The summed E-state index contributed by atoms with van der Waals surface area (Å²) in [6.07, 6.45) is 7.19. The van der Waals surface area contributed by atoms with Crippen molar-refractivity contribution in [2.75, 3.05) is 37.7 Å². The molecule has 8 nitrogen and oxygen atoms in total. The van der Waals surface area contributed by atoms with Crippen LogP contribution in [0.15, 0.2) is 24.5 Å². The molecule has 156 valence electrons. The van der Waals surface area contributed by atoms with Crippen LogP contribution < -0.4 is 4.90 Å². The Labute approximate surface area is 174 Å². The van der Waals surface area contributed by atoms with Gasteiger partial charge in [-0.2, -0.15) is 0 Å². The van der Waals surface area contributed by atoms with E-state index in [2.05, 4.69) is 15.1 Å². The maximum atomic E-state index is 13.0. The second-order valence-corrected chi connectivity index (χ2v) is 8.53. The highest BCUT2D eigenvalue weighted by atomic mass is 32.1. The molecule has 2 saturated heterocycles. The fraction of sp³-hybridized carbons (Fsp3) is 0.600. The van der Waals surface area contributed by atoms with E-state index < -0.39 is 0 Å². The Bertz CT molecular complexity index is 829. The van der Waals surface area contributed by atoms with Crippen LogP contribution in [0.4, 0.5) is 5.13 Å². The van der Waals surface area contributed by atoms with E-state index in [1.807, 2.05) is 40.9 Å². The van der Waals surface area contributed by atoms with Crippen molar-refractivity contribution in [1.82, 2.24) is 19.7 Å². The number of carbonyl (C=O) groups excluding carboxylic acids is 2. The number of hydrogen-bond acceptors (Lipinski definition) is 7. The number of amides is 1. The summed E-state index contributed by atoms with van der Waals surface area (Å²) in [4.78, 5) is 29.1. The Kier molecular flexibility index (Phi) is 6.13. The minimum atomic E-state index is -0.179. The molecule has 0 saturated carbocycles. The minimum absolute atomic E-state index is 0.0176. The minimum Gasteiger partial charge on any atom is -0.466 e. The van der Waals surface area contributed by atoms with Gasteiger partial charge in [-0.15, -0.1) is 10.2 Å². The summed E-state index contributed by atoms with van der Waals surface area (Å²) in [5.74, 6) is -0.149. The van der Waals surface area contributed by atoms with E-state index in [0.717, 1.165) is 55.6 Å². The Balaban J connectivity index is 1.31. The molecule has 4 heterocycles. The van der Waals surface area contributed by atoms with E-state index in [1.54, 1.807) is 11.3 Å². The monoisotopic (exact) mass is 417 g/mol. The number of esters is 1. The molecule has 1 atom stereocenters. The van der Waals surface area contributed by atoms with Gasteiger partial charge in [0.1, 0.15) is 0 Å². The number of aromatic nitrogens is 3. The van der Waals surface area contributed by atoms with Crippen molar-refractivity contribution in [1.29, 1.82) is 0 Å². The Hall–Kier alpha value is -2.42. The lowest BCUT2D eigenvalue weighted by atomic mass is 9.92. The molecule has 0 aliphatic carbocycles. The number of anilines is 1. The maximum absolute atomic E-state index is 13.0. The van der Waals surface area contributed by atoms with Crippen LogP contribution in [0.1, 0.15) is 32.6 Å². The molecule has 29 heavy (non-hydrogen) atoms. The van der Waals surface area contributed by atoms with Crippen LogP contribution in [0, 0.1) is 11.8 Å². The van der Waals surface area contributed by atoms with Gasteiger partial charge in [0.2, 0.25) is 16.2 Å². The summed E-state index contributed by atoms with van der Waals surface area (Å²) in [6, 6.07) is 3.93. The Morgan fingerprint density at radius 3 is 2.52 bits per heavy atom. The lowest BCUT2D eigenvalue weighted by Gasteiger charge is -2.37. The molecule has 2 aromatic heterocycles. The lowest BCUT2D eigenvalue weighted by Crippen LogP contribution is -2.47. The number of ether oxygens (including phenoxy) is 1. The van der Waals surface area contributed by atoms with Crippen molar-refractivity contribution in [2.24, 2.45) is 11.8 Å². The Morgan fingerprint density at radius 2 is 1.79 bits per heavy atom. The van der Waals surface area contributed by atoms with Crippen LogP contribution in [0.25, 0.3) is 5.13 Å². The number of nitrogens with zero attached hydrogens (tertiary/aromatic N) is 5. The predicted molar refractivity (Wildman–Crippen MR) is 110 cm³/mol. The van der Waals surface area contributed by atoms with Gasteiger partial charge in [0.15, 0.2) is 0 Å². The van der Waals surface area contributed by atoms with Crippen molar-refractivity contribution in [3.05, 3.63) is 24.5 Å². The molecular weight excluding hydrogens is 390 g/mol. The SMILES string of the molecule is CCOC(=O)[C@H]1CCCN(C(=O)C2CCN(c3nnc(-n4cccc4)s3)CC2)C1. The first-order valence-corrected chi connectivity index (χ1v) is 11.1. The van der Waals surface area contributed by atoms with Gasteiger partial charge in [-0.1, -0.05) is 11.3 Å². The quantitative estimate of drug-likeness (QED) is 0.695. The van der Waals surface area contributed by atoms with E-state index in [1.165, 1.54) is 0 Å². The molecule has 0 N–H and O–H groups in total. The fourth-order valence-corrected chi connectivity index (χ4v) is 4.97. The summed E-state index contributed by atoms with van der Waals surface area (Å²) in [5.41, 5.74) is 0. The molecule has 2 aliphatic heterocycles. The zero-order chi connectivity index (χ0) is 20.2. The average Bonchev–Trinajstić information content (AvgIpc) is 3.45. The average molecular weight is 418 g/mol. The molecule has 2 fully saturated rings. The summed E-state index contributed by atoms with van der Waals surface area (Å²) >= 11 is 1.56. The normalized spacial score (nSPS) is 20.7. The molecule has 0 aromatic carbocycles. The third kappa shape index (κ3) is 4.44. The fourth-order valence-electron chi connectivity index (χ4n) is 4.11. The number of hydrogen-bond donors (Lipinski definition) is 0. The van der Waals surface area contributed by atoms with E-state index in [-0.39, 0.29) is 23.7 Å². The largest absolute Gasteiger partial charge is 0.466 e. The predicted octanol–water partition coefficient (Wildman–Crippen LogP) is 2.35. The van der Waals surface area contributed by atoms with Crippen molar-refractivity contribution in [2.45, 2.75) is 32.6 Å². The van der Waals surface area contributed by atoms with Gasteiger partial charge in [-0.3, -0.25) is 14.2 Å². The van der Waals surface area contributed by atoms with Crippen LogP contribution in [0.5, 0.6) is 0 Å². The van der Waals surface area contributed by atoms with Gasteiger partial charge >= 0.3 is 5.97 Å². The summed E-state index contributed by atoms with van der Waals surface area (Å²) in [7, 11) is 0. The third-order valence-corrected chi connectivity index (χ3v) is 6.69. The molecular formula is C20H27N5O3S. The van der Waals surface area contributed by atoms with Gasteiger partial charge in [-0.25, -0.2) is 0 Å². The second-order valence-electron chi connectivity index (χ2n) is 7.59. The van der Waals surface area contributed by atoms with Crippen LogP contribution >= 0.6 is 11.3 Å². The smallest absolute Gasteiger partial charge is 0.310 e. The molecule has 0 unspecified atom stereocenters. The highest BCUT2D eigenvalue weighted by Gasteiger charge is 2.34. The van der Waals surface area contributed by atoms with Crippen LogP contribution in [0.3, 0.4) is 0 Å². The topological polar surface area (TPSA) is 80.6 Å². The molecule has 9 heteroatoms. The lowest BCUT2D eigenvalue weighted by molar-refractivity contribution is -0.152. The van der Waals surface area contributed by atoms with E-state index >= 15 is 0 Å². The van der Waals surface area contributed by atoms with E-state index in [9.17, 15) is 9.59 Å². The number of piperidine rings is 2. The standard InChI is InChI=1S/C20H27N5O3S/c1-2-28-18(27)16-6-5-11-25(14-16)17(26)15-7-12-24(13-8-15)20-22-21-19(29-20)23-9-3-4-10-23/h3-4,9-10,15-16H,2,5-8,11-14H2,1H3/t16-/m0/s1. The number of rotatable bonds is 5. The van der Waals surface area contributed by atoms with E-state index in [4.69, 9.17) is 4.74 Å². The maximum Gasteiger partial charge on any atom is 0.310 e. The summed E-state index contributed by atoms with van der Waals surface area (Å²) in [5, 5.41) is 10.4. The zero-order valence-corrected chi connectivity index (χ0v) is 17.5.